The van der Waals surface area contributed by atoms with Crippen molar-refractivity contribution in [1.29, 1.82) is 0 Å². The van der Waals surface area contributed by atoms with E-state index in [1.54, 1.807) is 18.3 Å². The standard InChI is InChI=1S/C14H6ClF3IN3O.C8H3Cl2F3O.C6H4IN3.C4H8O.Na.H/c15-8-4-1-3-7(14(16,17)18)10(8)13(23)22-9-5-2-6-20-11(9)12(19)21-22;9-5-3-1-2-4(8(11,12)13)6(5)7(10)14;7-6-5-4(9-10-6)2-1-3-8-5;1-2-4-5-3-1;;/h1-6H;1-3H;1-3H,(H,9,10);1-4H2;;/q;;;;+1;-1. The molecule has 1 aliphatic heterocycles. The van der Waals surface area contributed by atoms with Gasteiger partial charge in [0.15, 0.2) is 0 Å². The molecule has 276 valence electrons. The third-order valence-electron chi connectivity index (χ3n) is 6.73. The number of fused-ring (bicyclic) bond motifs is 2. The molecule has 1 fully saturated rings. The molecule has 7 rings (SSSR count). The number of halogens is 11. The fourth-order valence-electron chi connectivity index (χ4n) is 4.44. The molecule has 0 bridgehead atoms. The summed E-state index contributed by atoms with van der Waals surface area (Å²) in [4.78, 5) is 31.6. The first-order valence-electron chi connectivity index (χ1n) is 14.5. The molecule has 53 heavy (non-hydrogen) atoms. The second-order valence-electron chi connectivity index (χ2n) is 10.2. The van der Waals surface area contributed by atoms with Crippen LogP contribution >= 0.6 is 80.0 Å². The Balaban J connectivity index is 0.000000277. The van der Waals surface area contributed by atoms with Gasteiger partial charge in [-0.25, -0.2) is 0 Å². The molecule has 2 aromatic carbocycles. The van der Waals surface area contributed by atoms with Gasteiger partial charge in [0.1, 0.15) is 24.0 Å². The number of ether oxygens (including phenoxy) is 1. The molecule has 21 heteroatoms. The van der Waals surface area contributed by atoms with Crippen molar-refractivity contribution in [3.8, 4) is 0 Å². The van der Waals surface area contributed by atoms with Crippen molar-refractivity contribution in [2.75, 3.05) is 13.2 Å². The fraction of sp³-hybridized carbons (Fsp3) is 0.188. The maximum absolute atomic E-state index is 13.2. The number of nitrogens with zero attached hydrogens (tertiary/aromatic N) is 5. The molecule has 5 heterocycles. The topological polar surface area (TPSA) is 116 Å². The van der Waals surface area contributed by atoms with E-state index in [2.05, 4.69) is 47.9 Å². The summed E-state index contributed by atoms with van der Waals surface area (Å²) in [6.45, 7) is 2.00. The Morgan fingerprint density at radius 3 is 1.81 bits per heavy atom. The van der Waals surface area contributed by atoms with Crippen LogP contribution in [-0.4, -0.2) is 54.3 Å². The second kappa shape index (κ2) is 20.2. The van der Waals surface area contributed by atoms with Crippen molar-refractivity contribution in [2.24, 2.45) is 0 Å². The van der Waals surface area contributed by atoms with Gasteiger partial charge in [-0.2, -0.15) is 41.2 Å². The molecule has 0 radical (unpaired) electrons. The number of aromatic amines is 1. The van der Waals surface area contributed by atoms with Crippen LogP contribution in [0.4, 0.5) is 26.3 Å². The number of hydrogen-bond acceptors (Lipinski definition) is 7. The van der Waals surface area contributed by atoms with Crippen LogP contribution in [-0.2, 0) is 17.1 Å². The third kappa shape index (κ3) is 11.9. The maximum atomic E-state index is 13.2. The average molecular weight is 1040 g/mol. The van der Waals surface area contributed by atoms with E-state index in [0.717, 1.165) is 56.9 Å². The van der Waals surface area contributed by atoms with Crippen LogP contribution in [0, 0.1) is 7.40 Å². The predicted octanol–water partition coefficient (Wildman–Crippen LogP) is 7.61. The number of pyridine rings is 2. The Kier molecular flexibility index (Phi) is 17.2. The normalized spacial score (nSPS) is 12.4. The zero-order valence-electron chi connectivity index (χ0n) is 27.9. The van der Waals surface area contributed by atoms with Crippen LogP contribution in [0.25, 0.3) is 22.1 Å². The van der Waals surface area contributed by atoms with Gasteiger partial charge in [0.25, 0.3) is 11.1 Å². The molecule has 0 saturated carbocycles. The summed E-state index contributed by atoms with van der Waals surface area (Å²) in [5.74, 6) is -0.955. The van der Waals surface area contributed by atoms with Gasteiger partial charge >= 0.3 is 41.9 Å². The van der Waals surface area contributed by atoms with Crippen molar-refractivity contribution in [2.45, 2.75) is 25.2 Å². The van der Waals surface area contributed by atoms with Crippen LogP contribution in [0.3, 0.4) is 0 Å². The summed E-state index contributed by atoms with van der Waals surface area (Å²) in [7, 11) is 0. The van der Waals surface area contributed by atoms with E-state index < -0.39 is 45.8 Å². The number of carbonyl (C=O) groups is 2. The Morgan fingerprint density at radius 1 is 0.792 bits per heavy atom. The van der Waals surface area contributed by atoms with E-state index in [4.69, 9.17) is 39.5 Å². The van der Waals surface area contributed by atoms with Crippen LogP contribution in [0.5, 0.6) is 0 Å². The Bertz CT molecular complexity index is 2200. The minimum atomic E-state index is -4.70. The first-order chi connectivity index (χ1) is 24.5. The van der Waals surface area contributed by atoms with Gasteiger partial charge in [-0.05, 0) is 118 Å². The molecule has 0 unspecified atom stereocenters. The Morgan fingerprint density at radius 2 is 1.32 bits per heavy atom. The van der Waals surface area contributed by atoms with Gasteiger partial charge in [0.2, 0.25) is 0 Å². The van der Waals surface area contributed by atoms with Gasteiger partial charge in [0, 0.05) is 25.6 Å². The van der Waals surface area contributed by atoms with Crippen LogP contribution in [0.1, 0.15) is 46.1 Å². The zero-order chi connectivity index (χ0) is 38.2. The number of hydrogen-bond donors (Lipinski definition) is 1. The molecular weight excluding hydrogens is 1010 g/mol. The van der Waals surface area contributed by atoms with Gasteiger partial charge < -0.3 is 6.16 Å². The van der Waals surface area contributed by atoms with E-state index in [1.807, 2.05) is 34.7 Å². The quantitative estimate of drug-likeness (QED) is 0.0823. The molecule has 0 atom stereocenters. The number of benzene rings is 2. The Hall–Kier alpha value is -2.11. The molecule has 1 N–H and O–H groups in total. The van der Waals surface area contributed by atoms with Crippen LogP contribution in [0.2, 0.25) is 10.0 Å². The molecule has 0 spiro atoms. The largest absolute Gasteiger partial charge is 1.00 e. The molecule has 1 saturated heterocycles. The summed E-state index contributed by atoms with van der Waals surface area (Å²) in [5, 5.41) is 9.06. The van der Waals surface area contributed by atoms with Crippen molar-refractivity contribution in [3.63, 3.8) is 0 Å². The van der Waals surface area contributed by atoms with Crippen LogP contribution < -0.4 is 29.6 Å². The number of H-pyrrole nitrogens is 1. The molecular formula is C32H22Cl3F6I2N6NaO3. The van der Waals surface area contributed by atoms with Gasteiger partial charge in [0.05, 0.1) is 37.8 Å². The molecule has 9 nitrogen and oxygen atoms in total. The predicted molar refractivity (Wildman–Crippen MR) is 201 cm³/mol. The van der Waals surface area contributed by atoms with E-state index in [1.165, 1.54) is 31.2 Å². The second-order valence-corrected chi connectivity index (χ2v) is 13.5. The van der Waals surface area contributed by atoms with E-state index in [9.17, 15) is 35.9 Å². The number of alkyl halides is 6. The Labute approximate surface area is 362 Å². The zero-order valence-corrected chi connectivity index (χ0v) is 35.5. The number of carbonyl (C=O) groups excluding carboxylic acids is 2. The molecule has 6 aromatic rings. The average Bonchev–Trinajstić information content (AvgIpc) is 3.87. The minimum absolute atomic E-state index is 0. The van der Waals surface area contributed by atoms with Gasteiger partial charge in [-0.15, -0.1) is 0 Å². The van der Waals surface area contributed by atoms with E-state index >= 15 is 0 Å². The summed E-state index contributed by atoms with van der Waals surface area (Å²) in [5.41, 5.74) is -0.941. The number of rotatable bonds is 2. The first kappa shape index (κ1) is 45.3. The molecule has 4 aromatic heterocycles. The van der Waals surface area contributed by atoms with Crippen molar-refractivity contribution >= 4 is 113 Å². The van der Waals surface area contributed by atoms with Gasteiger partial charge in [-0.1, -0.05) is 35.3 Å². The maximum Gasteiger partial charge on any atom is 1.00 e. The van der Waals surface area contributed by atoms with E-state index in [0.29, 0.717) is 14.7 Å². The minimum Gasteiger partial charge on any atom is -1.00 e. The smallest absolute Gasteiger partial charge is 1.00 e. The molecule has 0 amide bonds. The van der Waals surface area contributed by atoms with Crippen molar-refractivity contribution in [3.05, 3.63) is 113 Å². The third-order valence-corrected chi connectivity index (χ3v) is 9.03. The summed E-state index contributed by atoms with van der Waals surface area (Å²) >= 11 is 20.3. The number of nitrogens with one attached hydrogen (secondary N) is 1. The summed E-state index contributed by atoms with van der Waals surface area (Å²) in [6, 6.07) is 13.2. The monoisotopic (exact) mass is 1030 g/mol. The van der Waals surface area contributed by atoms with E-state index in [-0.39, 0.29) is 41.0 Å². The first-order valence-corrected chi connectivity index (χ1v) is 17.8. The summed E-state index contributed by atoms with van der Waals surface area (Å²) < 4.78 is 83.7. The van der Waals surface area contributed by atoms with Crippen molar-refractivity contribution in [1.82, 2.24) is 29.9 Å². The van der Waals surface area contributed by atoms with Crippen molar-refractivity contribution < 1.29 is 71.7 Å². The van der Waals surface area contributed by atoms with Crippen LogP contribution in [0.15, 0.2) is 73.1 Å². The summed E-state index contributed by atoms with van der Waals surface area (Å²) in [6.07, 6.45) is -3.51. The molecule has 0 aliphatic carbocycles. The molecule has 1 aliphatic rings. The number of aromatic nitrogens is 6. The SMILES string of the molecule is C1CCOC1.Ic1[nH]nc2cccnc12.O=C(Cl)c1c(Cl)cccc1C(F)(F)F.O=C(c1c(Cl)cccc1C(F)(F)F)n1nc(I)c2ncccc21.[H-].[Na+]. The fourth-order valence-corrected chi connectivity index (χ4v) is 6.38. The van der Waals surface area contributed by atoms with Gasteiger partial charge in [-0.3, -0.25) is 24.7 Å².